The van der Waals surface area contributed by atoms with Crippen LogP contribution in [0.5, 0.6) is 0 Å². The Balaban J connectivity index is 1.99. The van der Waals surface area contributed by atoms with E-state index in [4.69, 9.17) is 5.11 Å². The number of hydrogen-bond acceptors (Lipinski definition) is 2. The van der Waals surface area contributed by atoms with E-state index in [2.05, 4.69) is 27.3 Å². The predicted octanol–water partition coefficient (Wildman–Crippen LogP) is 4.06. The number of carbonyl (C=O) groups is 1. The fraction of sp³-hybridized carbons (Fsp3) is 0.357. The maximum absolute atomic E-state index is 11.1. The molecule has 0 fully saturated rings. The molecule has 1 aliphatic rings. The lowest BCUT2D eigenvalue weighted by atomic mass is 10.1. The highest BCUT2D eigenvalue weighted by atomic mass is 79.9. The second-order valence-corrected chi connectivity index (χ2v) is 5.34. The van der Waals surface area contributed by atoms with Gasteiger partial charge in [-0.3, -0.25) is 0 Å². The number of carboxylic acid groups (broad SMARTS) is 1. The minimum atomic E-state index is -0.898. The number of carboxylic acids is 1. The summed E-state index contributed by atoms with van der Waals surface area (Å²) >= 11 is 3.36. The van der Waals surface area contributed by atoms with Crippen LogP contribution < -0.4 is 5.32 Å². The number of halogens is 1. The molecule has 1 aromatic rings. The van der Waals surface area contributed by atoms with Crippen LogP contribution in [0.4, 0.5) is 5.69 Å². The summed E-state index contributed by atoms with van der Waals surface area (Å²) in [4.78, 5) is 11.1. The number of hydrogen-bond donors (Lipinski definition) is 2. The molecular formula is C14H16BrNO2. The van der Waals surface area contributed by atoms with Gasteiger partial charge in [-0.05, 0) is 43.9 Å². The first kappa shape index (κ1) is 13.1. The van der Waals surface area contributed by atoms with Crippen molar-refractivity contribution in [3.8, 4) is 0 Å². The molecule has 0 heterocycles. The molecule has 1 aliphatic carbocycles. The van der Waals surface area contributed by atoms with Gasteiger partial charge in [-0.1, -0.05) is 27.6 Å². The number of anilines is 1. The Labute approximate surface area is 115 Å². The standard InChI is InChI=1S/C14H16BrNO2/c15-11-5-6-12(14(17)18)13(9-11)16-8-7-10-3-1-2-4-10/h3,5-6,9,16H,1-2,4,7-8H2,(H,17,18). The lowest BCUT2D eigenvalue weighted by Crippen LogP contribution is -2.08. The van der Waals surface area contributed by atoms with Crippen LogP contribution in [0.25, 0.3) is 0 Å². The molecule has 0 amide bonds. The second-order valence-electron chi connectivity index (χ2n) is 4.43. The smallest absolute Gasteiger partial charge is 0.337 e. The molecule has 3 nitrogen and oxygen atoms in total. The number of benzene rings is 1. The van der Waals surface area contributed by atoms with Gasteiger partial charge in [-0.15, -0.1) is 0 Å². The summed E-state index contributed by atoms with van der Waals surface area (Å²) in [5.74, 6) is -0.898. The molecule has 18 heavy (non-hydrogen) atoms. The van der Waals surface area contributed by atoms with Gasteiger partial charge in [0.25, 0.3) is 0 Å². The second kappa shape index (κ2) is 6.05. The topological polar surface area (TPSA) is 49.3 Å². The van der Waals surface area contributed by atoms with Crippen molar-refractivity contribution in [1.82, 2.24) is 0 Å². The van der Waals surface area contributed by atoms with Crippen molar-refractivity contribution in [2.24, 2.45) is 0 Å². The molecule has 1 aromatic carbocycles. The van der Waals surface area contributed by atoms with E-state index < -0.39 is 5.97 Å². The van der Waals surface area contributed by atoms with Gasteiger partial charge in [0, 0.05) is 16.7 Å². The van der Waals surface area contributed by atoms with E-state index in [0.29, 0.717) is 11.3 Å². The van der Waals surface area contributed by atoms with Gasteiger partial charge in [-0.25, -0.2) is 4.79 Å². The Morgan fingerprint density at radius 1 is 1.44 bits per heavy atom. The summed E-state index contributed by atoms with van der Waals surface area (Å²) in [5.41, 5.74) is 2.48. The van der Waals surface area contributed by atoms with Crippen LogP contribution in [0.3, 0.4) is 0 Å². The van der Waals surface area contributed by atoms with Gasteiger partial charge in [0.1, 0.15) is 0 Å². The summed E-state index contributed by atoms with van der Waals surface area (Å²) in [6.07, 6.45) is 6.91. The summed E-state index contributed by atoms with van der Waals surface area (Å²) < 4.78 is 0.884. The maximum atomic E-state index is 11.1. The Bertz CT molecular complexity index is 483. The summed E-state index contributed by atoms with van der Waals surface area (Å²) in [7, 11) is 0. The Hall–Kier alpha value is -1.29. The Morgan fingerprint density at radius 3 is 2.94 bits per heavy atom. The number of nitrogens with one attached hydrogen (secondary N) is 1. The van der Waals surface area contributed by atoms with E-state index in [1.165, 1.54) is 24.8 Å². The van der Waals surface area contributed by atoms with Crippen molar-refractivity contribution in [3.05, 3.63) is 39.9 Å². The third-order valence-electron chi connectivity index (χ3n) is 3.11. The van der Waals surface area contributed by atoms with Crippen LogP contribution in [0.1, 0.15) is 36.0 Å². The van der Waals surface area contributed by atoms with Crippen molar-refractivity contribution in [2.75, 3.05) is 11.9 Å². The quantitative estimate of drug-likeness (QED) is 0.806. The third kappa shape index (κ3) is 3.35. The zero-order chi connectivity index (χ0) is 13.0. The minimum Gasteiger partial charge on any atom is -0.478 e. The summed E-state index contributed by atoms with van der Waals surface area (Å²) in [6.45, 7) is 0.780. The van der Waals surface area contributed by atoms with E-state index in [0.717, 1.165) is 17.4 Å². The minimum absolute atomic E-state index is 0.318. The van der Waals surface area contributed by atoms with Crippen LogP contribution >= 0.6 is 15.9 Å². The highest BCUT2D eigenvalue weighted by molar-refractivity contribution is 9.10. The van der Waals surface area contributed by atoms with Gasteiger partial charge >= 0.3 is 5.97 Å². The molecule has 2 N–H and O–H groups in total. The SMILES string of the molecule is O=C(O)c1ccc(Br)cc1NCCC1=CCCC1. The molecular weight excluding hydrogens is 294 g/mol. The van der Waals surface area contributed by atoms with Crippen molar-refractivity contribution in [1.29, 1.82) is 0 Å². The van der Waals surface area contributed by atoms with E-state index in [1.807, 2.05) is 6.07 Å². The van der Waals surface area contributed by atoms with Crippen LogP contribution in [0, 0.1) is 0 Å². The molecule has 0 bridgehead atoms. The predicted molar refractivity (Wildman–Crippen MR) is 76.1 cm³/mol. The molecule has 0 aliphatic heterocycles. The number of allylic oxidation sites excluding steroid dienone is 1. The summed E-state index contributed by atoms with van der Waals surface area (Å²) in [5, 5.41) is 12.3. The lowest BCUT2D eigenvalue weighted by Gasteiger charge is -2.10. The molecule has 4 heteroatoms. The first-order valence-electron chi connectivity index (χ1n) is 6.11. The van der Waals surface area contributed by atoms with Crippen LogP contribution in [0.2, 0.25) is 0 Å². The van der Waals surface area contributed by atoms with Crippen molar-refractivity contribution >= 4 is 27.6 Å². The molecule has 0 saturated carbocycles. The van der Waals surface area contributed by atoms with Crippen molar-refractivity contribution in [2.45, 2.75) is 25.7 Å². The Kier molecular flexibility index (Phi) is 4.42. The largest absolute Gasteiger partial charge is 0.478 e. The molecule has 96 valence electrons. The van der Waals surface area contributed by atoms with E-state index in [9.17, 15) is 4.79 Å². The fourth-order valence-electron chi connectivity index (χ4n) is 2.17. The first-order chi connectivity index (χ1) is 8.66. The fourth-order valence-corrected chi connectivity index (χ4v) is 2.53. The third-order valence-corrected chi connectivity index (χ3v) is 3.60. The molecule has 0 radical (unpaired) electrons. The van der Waals surface area contributed by atoms with Crippen LogP contribution in [0.15, 0.2) is 34.3 Å². The van der Waals surface area contributed by atoms with E-state index in [1.54, 1.807) is 12.1 Å². The lowest BCUT2D eigenvalue weighted by molar-refractivity contribution is 0.0698. The van der Waals surface area contributed by atoms with Gasteiger partial charge < -0.3 is 10.4 Å². The van der Waals surface area contributed by atoms with Crippen LogP contribution in [-0.4, -0.2) is 17.6 Å². The van der Waals surface area contributed by atoms with Crippen molar-refractivity contribution < 1.29 is 9.90 Å². The molecule has 2 rings (SSSR count). The first-order valence-corrected chi connectivity index (χ1v) is 6.91. The average Bonchev–Trinajstić information content (AvgIpc) is 2.82. The number of aromatic carboxylic acids is 1. The Morgan fingerprint density at radius 2 is 2.28 bits per heavy atom. The van der Waals surface area contributed by atoms with Crippen molar-refractivity contribution in [3.63, 3.8) is 0 Å². The van der Waals surface area contributed by atoms with E-state index in [-0.39, 0.29) is 0 Å². The highest BCUT2D eigenvalue weighted by Gasteiger charge is 2.10. The van der Waals surface area contributed by atoms with E-state index >= 15 is 0 Å². The zero-order valence-electron chi connectivity index (χ0n) is 10.1. The highest BCUT2D eigenvalue weighted by Crippen LogP contribution is 2.23. The zero-order valence-corrected chi connectivity index (χ0v) is 11.7. The average molecular weight is 310 g/mol. The molecule has 0 saturated heterocycles. The van der Waals surface area contributed by atoms with Gasteiger partial charge in [0.2, 0.25) is 0 Å². The van der Waals surface area contributed by atoms with Gasteiger partial charge in [-0.2, -0.15) is 0 Å². The monoisotopic (exact) mass is 309 g/mol. The van der Waals surface area contributed by atoms with Gasteiger partial charge in [0.05, 0.1) is 5.56 Å². The molecule has 0 atom stereocenters. The molecule has 0 aromatic heterocycles. The molecule has 0 spiro atoms. The number of rotatable bonds is 5. The molecule has 0 unspecified atom stereocenters. The summed E-state index contributed by atoms with van der Waals surface area (Å²) in [6, 6.07) is 5.17. The normalized spacial score (nSPS) is 14.4. The van der Waals surface area contributed by atoms with Crippen LogP contribution in [-0.2, 0) is 0 Å². The maximum Gasteiger partial charge on any atom is 0.337 e. The van der Waals surface area contributed by atoms with Gasteiger partial charge in [0.15, 0.2) is 0 Å².